The second-order valence-corrected chi connectivity index (χ2v) is 20.6. The molecule has 458 valence electrons. The summed E-state index contributed by atoms with van der Waals surface area (Å²) in [5.74, 6) is 0.809. The molecule has 1 aliphatic heterocycles. The van der Waals surface area contributed by atoms with Crippen molar-refractivity contribution in [3.8, 4) is 11.8 Å². The minimum atomic E-state index is -1.20. The number of carboxylic acid groups (broad SMARTS) is 2. The number of amides is 6. The van der Waals surface area contributed by atoms with Crippen LogP contribution < -0.4 is 27.0 Å². The summed E-state index contributed by atoms with van der Waals surface area (Å²) in [6.45, 7) is 5.06. The Morgan fingerprint density at radius 2 is 1.23 bits per heavy atom. The van der Waals surface area contributed by atoms with Gasteiger partial charge in [-0.25, -0.2) is 19.2 Å². The van der Waals surface area contributed by atoms with Gasteiger partial charge in [-0.15, -0.1) is 0 Å². The maximum absolute atomic E-state index is 13.7. The number of hydrogen-bond donors (Lipinski definition) is 7. The van der Waals surface area contributed by atoms with Crippen LogP contribution in [0.5, 0.6) is 0 Å². The summed E-state index contributed by atoms with van der Waals surface area (Å²) in [5, 5.41) is 33.8. The van der Waals surface area contributed by atoms with Gasteiger partial charge in [0.2, 0.25) is 35.4 Å². The van der Waals surface area contributed by atoms with Crippen LogP contribution in [0, 0.1) is 23.6 Å². The molecule has 6 amide bonds. The molecule has 0 spiro atoms. The minimum absolute atomic E-state index is 0.0204. The molecule has 0 unspecified atom stereocenters. The average molecular weight is 1170 g/mol. The Labute approximate surface area is 484 Å². The van der Waals surface area contributed by atoms with Crippen molar-refractivity contribution >= 4 is 58.3 Å². The fourth-order valence-corrected chi connectivity index (χ4v) is 9.59. The van der Waals surface area contributed by atoms with Gasteiger partial charge in [0.1, 0.15) is 25.8 Å². The molecule has 0 radical (unpaired) electrons. The van der Waals surface area contributed by atoms with Crippen LogP contribution in [0.15, 0.2) is 30.6 Å². The van der Waals surface area contributed by atoms with Gasteiger partial charge in [0, 0.05) is 61.9 Å². The maximum Gasteiger partial charge on any atom is 0.326 e. The number of primary amides is 1. The summed E-state index contributed by atoms with van der Waals surface area (Å²) < 4.78 is 36.3. The summed E-state index contributed by atoms with van der Waals surface area (Å²) in [5.41, 5.74) is 6.64. The number of rotatable bonds is 43. The van der Waals surface area contributed by atoms with Gasteiger partial charge < -0.3 is 61.1 Å². The summed E-state index contributed by atoms with van der Waals surface area (Å²) in [6.07, 6.45) is 17.9. The molecule has 1 saturated heterocycles. The molecule has 4 rings (SSSR count). The number of aromatic nitrogens is 4. The molecule has 1 aliphatic rings. The quantitative estimate of drug-likeness (QED) is 0.0309. The second-order valence-electron chi connectivity index (χ2n) is 20.6. The summed E-state index contributed by atoms with van der Waals surface area (Å²) >= 11 is 0. The zero-order valence-corrected chi connectivity index (χ0v) is 48.1. The average Bonchev–Trinajstić information content (AvgIpc) is 3.86. The van der Waals surface area contributed by atoms with Crippen LogP contribution in [-0.2, 0) is 59.1 Å². The van der Waals surface area contributed by atoms with Crippen LogP contribution in [0.3, 0.4) is 0 Å². The number of carboxylic acids is 2. The Bertz CT molecular complexity index is 2590. The van der Waals surface area contributed by atoms with Crippen molar-refractivity contribution in [3.63, 3.8) is 0 Å². The molecular weight excluding hydrogens is 1080 g/mol. The number of nitrogens with two attached hydrogens (primary N) is 1. The standard InChI is InChI=1S/C58H85FN10O14/c1-41-33-44(42(2)69(41)54(74)38-68-48-22-19-43(34-46(48)56(67-68)57(60)77)20-23-49-63-36-45(59)37-64-49)35-65-53(73)40-83-32-30-81-28-26-62-52(72)39-82-31-29-80-27-25-61-50(70)24-21-47(58(78)79)66-51(71)17-15-13-11-9-7-5-3-4-6-8-10-12-14-16-18-55(75)76/h19,22,34,36-37,41-42,44,47H,3-18,21,24-33,35,38-40H2,1-2H3,(H2,60,77)(H,61,70)(H,62,72)(H,65,73)(H,66,71)(H,75,76)(H,78,79)/t41-,42-,44-,47+/m1/s1. The Kier molecular flexibility index (Phi) is 32.4. The van der Waals surface area contributed by atoms with E-state index in [2.05, 4.69) is 48.2 Å². The molecule has 0 saturated carbocycles. The molecule has 3 heterocycles. The molecule has 8 N–H and O–H groups in total. The summed E-state index contributed by atoms with van der Waals surface area (Å²) in [6, 6.07) is 3.49. The van der Waals surface area contributed by atoms with Crippen molar-refractivity contribution < 1.29 is 71.9 Å². The van der Waals surface area contributed by atoms with E-state index in [4.69, 9.17) is 29.8 Å². The topological polar surface area (TPSA) is 335 Å². The first-order valence-electron chi connectivity index (χ1n) is 29.0. The molecule has 24 nitrogen and oxygen atoms in total. The molecule has 25 heteroatoms. The van der Waals surface area contributed by atoms with Gasteiger partial charge in [-0.05, 0) is 69.6 Å². The molecule has 4 atom stereocenters. The van der Waals surface area contributed by atoms with Gasteiger partial charge in [0.15, 0.2) is 11.5 Å². The molecule has 83 heavy (non-hydrogen) atoms. The number of hydrogen-bond acceptors (Lipinski definition) is 15. The lowest BCUT2D eigenvalue weighted by molar-refractivity contribution is -0.142. The number of nitrogens with zero attached hydrogens (tertiary/aromatic N) is 5. The molecule has 1 fully saturated rings. The Morgan fingerprint density at radius 1 is 0.687 bits per heavy atom. The zero-order chi connectivity index (χ0) is 60.2. The highest BCUT2D eigenvalue weighted by atomic mass is 19.1. The Hall–Kier alpha value is -7.14. The fourth-order valence-electron chi connectivity index (χ4n) is 9.59. The van der Waals surface area contributed by atoms with Crippen molar-refractivity contribution in [2.75, 3.05) is 72.5 Å². The van der Waals surface area contributed by atoms with Crippen molar-refractivity contribution in [1.29, 1.82) is 0 Å². The van der Waals surface area contributed by atoms with Crippen LogP contribution in [-0.4, -0.2) is 173 Å². The lowest BCUT2D eigenvalue weighted by Gasteiger charge is -2.28. The smallest absolute Gasteiger partial charge is 0.326 e. The lowest BCUT2D eigenvalue weighted by atomic mass is 10.0. The van der Waals surface area contributed by atoms with E-state index in [1.807, 2.05) is 13.8 Å². The van der Waals surface area contributed by atoms with Gasteiger partial charge in [-0.2, -0.15) is 5.10 Å². The second kappa shape index (κ2) is 39.4. The molecule has 1 aromatic carbocycles. The fraction of sp³-hybridized carbons (Fsp3) is 0.638. The minimum Gasteiger partial charge on any atom is -0.481 e. The first-order chi connectivity index (χ1) is 40.0. The molecule has 3 aromatic rings. The normalized spacial score (nSPS) is 15.1. The number of ether oxygens (including phenoxy) is 4. The van der Waals surface area contributed by atoms with E-state index in [1.165, 1.54) is 43.2 Å². The molecule has 2 aromatic heterocycles. The number of aliphatic carboxylic acids is 2. The van der Waals surface area contributed by atoms with E-state index >= 15 is 0 Å². The summed E-state index contributed by atoms with van der Waals surface area (Å²) in [4.78, 5) is 107. The number of benzene rings is 1. The highest BCUT2D eigenvalue weighted by molar-refractivity contribution is 6.04. The first-order valence-corrected chi connectivity index (χ1v) is 29.0. The number of unbranched alkanes of at least 4 members (excludes halogenated alkanes) is 13. The number of carbonyl (C=O) groups excluding carboxylic acids is 6. The van der Waals surface area contributed by atoms with E-state index in [0.29, 0.717) is 35.9 Å². The molecule has 0 bridgehead atoms. The number of fused-ring (bicyclic) bond motifs is 1. The third-order valence-corrected chi connectivity index (χ3v) is 14.0. The predicted octanol–water partition coefficient (Wildman–Crippen LogP) is 4.18. The maximum atomic E-state index is 13.7. The van der Waals surface area contributed by atoms with Gasteiger partial charge >= 0.3 is 11.9 Å². The highest BCUT2D eigenvalue weighted by Gasteiger charge is 2.39. The summed E-state index contributed by atoms with van der Waals surface area (Å²) in [7, 11) is 0. The number of halogens is 1. The van der Waals surface area contributed by atoms with Crippen molar-refractivity contribution in [1.82, 2.24) is 45.9 Å². The molecular formula is C58H85FN10O14. The van der Waals surface area contributed by atoms with E-state index in [1.54, 1.807) is 23.1 Å². The van der Waals surface area contributed by atoms with Gasteiger partial charge in [-0.3, -0.25) is 38.2 Å². The number of carbonyl (C=O) groups is 8. The Balaban J connectivity index is 0.935. The highest BCUT2D eigenvalue weighted by Crippen LogP contribution is 2.30. The zero-order valence-electron chi connectivity index (χ0n) is 48.1. The number of likely N-dealkylation sites (tertiary alicyclic amines) is 1. The van der Waals surface area contributed by atoms with E-state index in [9.17, 15) is 47.9 Å². The van der Waals surface area contributed by atoms with Crippen LogP contribution in [0.1, 0.15) is 158 Å². The number of nitrogens with one attached hydrogen (secondary N) is 4. The van der Waals surface area contributed by atoms with E-state index < -0.39 is 29.7 Å². The third kappa shape index (κ3) is 27.7. The SMILES string of the molecule is C[C@@H]1C[C@H](CNC(=O)COCCOCCNC(=O)COCCOCCNC(=O)CC[C@H](NC(=O)CCCCCCCCCCCCCCCCC(=O)O)C(=O)O)[C@@H](C)N1C(=O)Cn1nc(C(N)=O)c2cc(C#Cc3ncc(F)cn3)ccc21. The molecule has 0 aliphatic carbocycles. The van der Waals surface area contributed by atoms with Crippen molar-refractivity contribution in [3.05, 3.63) is 53.5 Å². The van der Waals surface area contributed by atoms with Crippen molar-refractivity contribution in [2.45, 2.75) is 161 Å². The van der Waals surface area contributed by atoms with E-state index in [0.717, 1.165) is 57.3 Å². The van der Waals surface area contributed by atoms with Crippen LogP contribution >= 0.6 is 0 Å². The predicted molar refractivity (Wildman–Crippen MR) is 303 cm³/mol. The Morgan fingerprint density at radius 3 is 1.80 bits per heavy atom. The van der Waals surface area contributed by atoms with Crippen LogP contribution in [0.2, 0.25) is 0 Å². The van der Waals surface area contributed by atoms with E-state index in [-0.39, 0.29) is 157 Å². The van der Waals surface area contributed by atoms with Crippen molar-refractivity contribution in [2.24, 2.45) is 11.7 Å². The van der Waals surface area contributed by atoms with Crippen LogP contribution in [0.4, 0.5) is 4.39 Å². The third-order valence-electron chi connectivity index (χ3n) is 14.0. The van der Waals surface area contributed by atoms with Gasteiger partial charge in [0.05, 0.1) is 57.6 Å². The monoisotopic (exact) mass is 1160 g/mol. The lowest BCUT2D eigenvalue weighted by Crippen LogP contribution is -2.43. The van der Waals surface area contributed by atoms with Gasteiger partial charge in [-0.1, -0.05) is 83.0 Å². The first kappa shape index (κ1) is 68.4. The largest absolute Gasteiger partial charge is 0.481 e. The van der Waals surface area contributed by atoms with Gasteiger partial charge in [0.25, 0.3) is 5.91 Å². The van der Waals surface area contributed by atoms with Crippen LogP contribution in [0.25, 0.3) is 10.9 Å².